The minimum Gasteiger partial charge on any atom is -0.294 e. The first-order chi connectivity index (χ1) is 10.2. The predicted molar refractivity (Wildman–Crippen MR) is 79.6 cm³/mol. The molecule has 4 rings (SSSR count). The number of carbonyl (C=O) groups excluding carboxylic acids is 1. The minimum absolute atomic E-state index is 0.160. The lowest BCUT2D eigenvalue weighted by Crippen LogP contribution is -2.21. The Balaban J connectivity index is 1.80. The number of hydrogen-bond acceptors (Lipinski definition) is 3. The van der Waals surface area contributed by atoms with Crippen LogP contribution in [0.4, 0.5) is 0 Å². The van der Waals surface area contributed by atoms with Crippen molar-refractivity contribution < 1.29 is 4.79 Å². The van der Waals surface area contributed by atoms with Gasteiger partial charge in [0, 0.05) is 18.7 Å². The second kappa shape index (κ2) is 4.52. The Morgan fingerprint density at radius 3 is 2.81 bits per heavy atom. The highest BCUT2D eigenvalue weighted by Gasteiger charge is 2.28. The van der Waals surface area contributed by atoms with E-state index in [0.29, 0.717) is 6.42 Å². The SMILES string of the molecule is Cc1cc2nc3c(cn2n1)C(=O)CC(c1ccccc1)C3. The van der Waals surface area contributed by atoms with Crippen LogP contribution in [0.15, 0.2) is 42.6 Å². The molecular weight excluding hydrogens is 262 g/mol. The second-order valence-electron chi connectivity index (χ2n) is 5.63. The standard InChI is InChI=1S/C17H15N3O/c1-11-7-17-18-15-8-13(12-5-3-2-4-6-12)9-16(21)14(15)10-20(17)19-11/h2-7,10,13H,8-9H2,1H3. The number of fused-ring (bicyclic) bond motifs is 2. The maximum absolute atomic E-state index is 12.4. The Bertz CT molecular complexity index is 836. The summed E-state index contributed by atoms with van der Waals surface area (Å²) in [7, 11) is 0. The molecule has 0 radical (unpaired) electrons. The van der Waals surface area contributed by atoms with Crippen LogP contribution in [-0.4, -0.2) is 20.4 Å². The summed E-state index contributed by atoms with van der Waals surface area (Å²) in [5, 5.41) is 4.33. The molecule has 1 atom stereocenters. The number of benzene rings is 1. The highest BCUT2D eigenvalue weighted by atomic mass is 16.1. The third-order valence-corrected chi connectivity index (χ3v) is 4.09. The molecule has 3 aromatic rings. The van der Waals surface area contributed by atoms with Gasteiger partial charge in [0.15, 0.2) is 11.4 Å². The summed E-state index contributed by atoms with van der Waals surface area (Å²) in [5.41, 5.74) is 4.55. The van der Waals surface area contributed by atoms with Crippen LogP contribution in [-0.2, 0) is 6.42 Å². The van der Waals surface area contributed by atoms with Gasteiger partial charge in [-0.2, -0.15) is 5.10 Å². The Labute approximate surface area is 122 Å². The number of aryl methyl sites for hydroxylation is 1. The zero-order chi connectivity index (χ0) is 14.4. The van der Waals surface area contributed by atoms with Crippen molar-refractivity contribution in [1.82, 2.24) is 14.6 Å². The number of ketones is 1. The topological polar surface area (TPSA) is 47.3 Å². The number of nitrogens with zero attached hydrogens (tertiary/aromatic N) is 3. The minimum atomic E-state index is 0.160. The lowest BCUT2D eigenvalue weighted by Gasteiger charge is -2.23. The third kappa shape index (κ3) is 2.03. The van der Waals surface area contributed by atoms with E-state index in [1.165, 1.54) is 5.56 Å². The fourth-order valence-corrected chi connectivity index (χ4v) is 3.07. The Kier molecular flexibility index (Phi) is 2.64. The molecule has 0 aliphatic heterocycles. The molecule has 104 valence electrons. The average molecular weight is 277 g/mol. The molecule has 0 spiro atoms. The van der Waals surface area contributed by atoms with Crippen molar-refractivity contribution >= 4 is 11.4 Å². The van der Waals surface area contributed by atoms with E-state index < -0.39 is 0 Å². The zero-order valence-electron chi connectivity index (χ0n) is 11.8. The monoisotopic (exact) mass is 277 g/mol. The molecular formula is C17H15N3O. The van der Waals surface area contributed by atoms with Gasteiger partial charge in [0.05, 0.1) is 17.0 Å². The molecule has 0 bridgehead atoms. The van der Waals surface area contributed by atoms with Crippen molar-refractivity contribution in [2.45, 2.75) is 25.7 Å². The number of Topliss-reactive ketones (excluding diaryl/α,β-unsaturated/α-hetero) is 1. The van der Waals surface area contributed by atoms with E-state index in [9.17, 15) is 4.79 Å². The number of hydrogen-bond donors (Lipinski definition) is 0. The van der Waals surface area contributed by atoms with Crippen LogP contribution in [0.5, 0.6) is 0 Å². The molecule has 0 fully saturated rings. The van der Waals surface area contributed by atoms with Gasteiger partial charge < -0.3 is 0 Å². The number of rotatable bonds is 1. The summed E-state index contributed by atoms with van der Waals surface area (Å²) in [4.78, 5) is 17.1. The maximum Gasteiger partial charge on any atom is 0.166 e. The van der Waals surface area contributed by atoms with Crippen LogP contribution in [0.1, 0.15) is 39.6 Å². The highest BCUT2D eigenvalue weighted by Crippen LogP contribution is 2.31. The molecule has 0 saturated carbocycles. The fraction of sp³-hybridized carbons (Fsp3) is 0.235. The van der Waals surface area contributed by atoms with Crippen LogP contribution in [0.2, 0.25) is 0 Å². The van der Waals surface area contributed by atoms with Crippen molar-refractivity contribution in [2.75, 3.05) is 0 Å². The van der Waals surface area contributed by atoms with Crippen molar-refractivity contribution in [3.63, 3.8) is 0 Å². The summed E-state index contributed by atoms with van der Waals surface area (Å²) in [6.45, 7) is 1.93. The Morgan fingerprint density at radius 1 is 1.19 bits per heavy atom. The van der Waals surface area contributed by atoms with Gasteiger partial charge in [-0.3, -0.25) is 4.79 Å². The van der Waals surface area contributed by atoms with E-state index in [4.69, 9.17) is 0 Å². The highest BCUT2D eigenvalue weighted by molar-refractivity contribution is 5.98. The quantitative estimate of drug-likeness (QED) is 0.687. The van der Waals surface area contributed by atoms with Gasteiger partial charge in [-0.15, -0.1) is 0 Å². The maximum atomic E-state index is 12.4. The van der Waals surface area contributed by atoms with Crippen molar-refractivity contribution in [2.24, 2.45) is 0 Å². The van der Waals surface area contributed by atoms with Gasteiger partial charge in [0.2, 0.25) is 0 Å². The smallest absolute Gasteiger partial charge is 0.166 e. The summed E-state index contributed by atoms with van der Waals surface area (Å²) < 4.78 is 1.70. The first-order valence-electron chi connectivity index (χ1n) is 7.15. The normalized spacial score (nSPS) is 18.0. The lowest BCUT2D eigenvalue weighted by atomic mass is 9.82. The van der Waals surface area contributed by atoms with Gasteiger partial charge in [0.25, 0.3) is 0 Å². The molecule has 0 N–H and O–H groups in total. The van der Waals surface area contributed by atoms with Gasteiger partial charge in [-0.1, -0.05) is 30.3 Å². The van der Waals surface area contributed by atoms with Crippen LogP contribution in [0.25, 0.3) is 5.65 Å². The molecule has 21 heavy (non-hydrogen) atoms. The molecule has 4 nitrogen and oxygen atoms in total. The summed E-state index contributed by atoms with van der Waals surface area (Å²) in [5.74, 6) is 0.387. The van der Waals surface area contributed by atoms with Crippen molar-refractivity contribution in [3.05, 3.63) is 65.1 Å². The Hall–Kier alpha value is -2.49. The predicted octanol–water partition coefficient (Wildman–Crippen LogP) is 2.95. The lowest BCUT2D eigenvalue weighted by molar-refractivity contribution is 0.0962. The molecule has 1 aliphatic carbocycles. The molecule has 1 aliphatic rings. The molecule has 0 amide bonds. The number of aromatic nitrogens is 3. The molecule has 4 heteroatoms. The molecule has 1 aromatic carbocycles. The van der Waals surface area contributed by atoms with Crippen molar-refractivity contribution in [1.29, 1.82) is 0 Å². The van der Waals surface area contributed by atoms with E-state index in [1.807, 2.05) is 37.4 Å². The summed E-state index contributed by atoms with van der Waals surface area (Å²) in [6.07, 6.45) is 3.18. The van der Waals surface area contributed by atoms with Gasteiger partial charge in [0.1, 0.15) is 0 Å². The first-order valence-corrected chi connectivity index (χ1v) is 7.15. The fourth-order valence-electron chi connectivity index (χ4n) is 3.07. The van der Waals surface area contributed by atoms with E-state index in [0.717, 1.165) is 29.0 Å². The van der Waals surface area contributed by atoms with E-state index in [1.54, 1.807) is 4.52 Å². The molecule has 0 saturated heterocycles. The second-order valence-corrected chi connectivity index (χ2v) is 5.63. The van der Waals surface area contributed by atoms with E-state index >= 15 is 0 Å². The van der Waals surface area contributed by atoms with Crippen LogP contribution < -0.4 is 0 Å². The van der Waals surface area contributed by atoms with Crippen LogP contribution >= 0.6 is 0 Å². The van der Waals surface area contributed by atoms with Crippen LogP contribution in [0, 0.1) is 6.92 Å². The summed E-state index contributed by atoms with van der Waals surface area (Å²) in [6, 6.07) is 12.2. The van der Waals surface area contributed by atoms with Gasteiger partial charge in [-0.25, -0.2) is 9.50 Å². The molecule has 1 unspecified atom stereocenters. The van der Waals surface area contributed by atoms with Gasteiger partial charge >= 0.3 is 0 Å². The summed E-state index contributed by atoms with van der Waals surface area (Å²) >= 11 is 0. The molecule has 2 aromatic heterocycles. The number of carbonyl (C=O) groups is 1. The van der Waals surface area contributed by atoms with Crippen molar-refractivity contribution in [3.8, 4) is 0 Å². The van der Waals surface area contributed by atoms with Crippen LogP contribution in [0.3, 0.4) is 0 Å². The van der Waals surface area contributed by atoms with E-state index in [2.05, 4.69) is 22.2 Å². The average Bonchev–Trinajstić information content (AvgIpc) is 2.85. The largest absolute Gasteiger partial charge is 0.294 e. The Morgan fingerprint density at radius 2 is 2.00 bits per heavy atom. The zero-order valence-corrected chi connectivity index (χ0v) is 11.8. The molecule has 2 heterocycles. The third-order valence-electron chi connectivity index (χ3n) is 4.09. The first kappa shape index (κ1) is 12.3. The van der Waals surface area contributed by atoms with E-state index in [-0.39, 0.29) is 11.7 Å². The van der Waals surface area contributed by atoms with Gasteiger partial charge in [-0.05, 0) is 24.8 Å².